The van der Waals surface area contributed by atoms with Gasteiger partial charge in [0.2, 0.25) is 0 Å². The molecule has 0 aliphatic carbocycles. The maximum absolute atomic E-state index is 13.2. The van der Waals surface area contributed by atoms with E-state index in [1.54, 1.807) is 12.1 Å². The van der Waals surface area contributed by atoms with Crippen molar-refractivity contribution in [1.82, 2.24) is 5.43 Å². The summed E-state index contributed by atoms with van der Waals surface area (Å²) in [6, 6.07) is 10.5. The first kappa shape index (κ1) is 15.9. The second-order valence-electron chi connectivity index (χ2n) is 4.34. The lowest BCUT2D eigenvalue weighted by Gasteiger charge is -2.18. The Morgan fingerprint density at radius 3 is 2.60 bits per heavy atom. The molecule has 20 heavy (non-hydrogen) atoms. The number of hydrogen-bond acceptors (Lipinski definition) is 2. The van der Waals surface area contributed by atoms with Crippen molar-refractivity contribution in [2.45, 2.75) is 12.5 Å². The molecule has 0 amide bonds. The van der Waals surface area contributed by atoms with E-state index in [0.29, 0.717) is 6.42 Å². The number of benzene rings is 2. The molecule has 0 saturated heterocycles. The van der Waals surface area contributed by atoms with Gasteiger partial charge in [-0.3, -0.25) is 11.3 Å². The van der Waals surface area contributed by atoms with Crippen LogP contribution in [-0.4, -0.2) is 0 Å². The topological polar surface area (TPSA) is 38.0 Å². The highest BCUT2D eigenvalue weighted by Gasteiger charge is 2.15. The highest BCUT2D eigenvalue weighted by Crippen LogP contribution is 2.29. The molecule has 1 unspecified atom stereocenters. The van der Waals surface area contributed by atoms with Gasteiger partial charge in [0, 0.05) is 8.95 Å². The Balaban J connectivity index is 2.28. The molecule has 0 fully saturated rings. The van der Waals surface area contributed by atoms with Crippen LogP contribution in [0.25, 0.3) is 0 Å². The molecule has 2 rings (SSSR count). The predicted octanol–water partition coefficient (Wildman–Crippen LogP) is 4.75. The van der Waals surface area contributed by atoms with Crippen molar-refractivity contribution in [2.24, 2.45) is 5.84 Å². The molecule has 1 atom stereocenters. The lowest BCUT2D eigenvalue weighted by atomic mass is 9.99. The van der Waals surface area contributed by atoms with Gasteiger partial charge < -0.3 is 0 Å². The van der Waals surface area contributed by atoms with Crippen molar-refractivity contribution >= 4 is 43.5 Å². The fraction of sp³-hybridized carbons (Fsp3) is 0.143. The number of hydrazine groups is 1. The van der Waals surface area contributed by atoms with Crippen molar-refractivity contribution in [3.05, 3.63) is 67.3 Å². The molecule has 106 valence electrons. The van der Waals surface area contributed by atoms with E-state index in [9.17, 15) is 4.39 Å². The Morgan fingerprint density at radius 2 is 1.95 bits per heavy atom. The third kappa shape index (κ3) is 3.80. The summed E-state index contributed by atoms with van der Waals surface area (Å²) in [5.41, 5.74) is 4.71. The number of hydrogen-bond donors (Lipinski definition) is 2. The predicted molar refractivity (Wildman–Crippen MR) is 87.0 cm³/mol. The summed E-state index contributed by atoms with van der Waals surface area (Å²) >= 11 is 12.7. The molecule has 0 aromatic heterocycles. The van der Waals surface area contributed by atoms with Crippen molar-refractivity contribution < 1.29 is 4.39 Å². The van der Waals surface area contributed by atoms with Crippen LogP contribution >= 0.6 is 43.5 Å². The van der Waals surface area contributed by atoms with Crippen LogP contribution in [0.3, 0.4) is 0 Å². The van der Waals surface area contributed by atoms with Crippen LogP contribution < -0.4 is 11.3 Å². The summed E-state index contributed by atoms with van der Waals surface area (Å²) in [6.45, 7) is 0. The normalized spacial score (nSPS) is 12.4. The molecule has 3 N–H and O–H groups in total. The fourth-order valence-electron chi connectivity index (χ4n) is 1.94. The van der Waals surface area contributed by atoms with Gasteiger partial charge in [-0.15, -0.1) is 0 Å². The molecule has 0 heterocycles. The Hall–Kier alpha value is -0.460. The first-order chi connectivity index (χ1) is 9.51. The number of nitrogens with one attached hydrogen (secondary N) is 1. The molecular weight excluding hydrogens is 410 g/mol. The Bertz CT molecular complexity index is 622. The standard InChI is InChI=1S/C14H12Br2ClFN2/c15-9-2-3-11(16)10(7-9)14(20-19)6-8-1-4-13(18)12(17)5-8/h1-5,7,14,20H,6,19H2. The second-order valence-corrected chi connectivity index (χ2v) is 6.51. The first-order valence-electron chi connectivity index (χ1n) is 5.86. The van der Waals surface area contributed by atoms with E-state index in [4.69, 9.17) is 17.4 Å². The third-order valence-electron chi connectivity index (χ3n) is 2.96. The summed E-state index contributed by atoms with van der Waals surface area (Å²) in [7, 11) is 0. The lowest BCUT2D eigenvalue weighted by molar-refractivity contribution is 0.548. The van der Waals surface area contributed by atoms with Crippen LogP contribution in [0.4, 0.5) is 4.39 Å². The molecule has 2 aromatic rings. The number of nitrogens with two attached hydrogens (primary N) is 1. The minimum absolute atomic E-state index is 0.108. The van der Waals surface area contributed by atoms with E-state index in [1.807, 2.05) is 18.2 Å². The summed E-state index contributed by atoms with van der Waals surface area (Å²) in [5, 5.41) is 0.117. The maximum Gasteiger partial charge on any atom is 0.141 e. The molecule has 0 aliphatic rings. The van der Waals surface area contributed by atoms with Gasteiger partial charge in [0.15, 0.2) is 0 Å². The van der Waals surface area contributed by atoms with Gasteiger partial charge >= 0.3 is 0 Å². The van der Waals surface area contributed by atoms with Crippen LogP contribution in [-0.2, 0) is 6.42 Å². The maximum atomic E-state index is 13.2. The van der Waals surface area contributed by atoms with Gasteiger partial charge in [-0.2, -0.15) is 0 Å². The monoisotopic (exact) mass is 420 g/mol. The minimum atomic E-state index is -0.420. The van der Waals surface area contributed by atoms with Gasteiger partial charge in [0.05, 0.1) is 11.1 Å². The molecular formula is C14H12Br2ClFN2. The van der Waals surface area contributed by atoms with Crippen molar-refractivity contribution in [2.75, 3.05) is 0 Å². The molecule has 0 bridgehead atoms. The zero-order valence-electron chi connectivity index (χ0n) is 10.3. The van der Waals surface area contributed by atoms with E-state index >= 15 is 0 Å². The van der Waals surface area contributed by atoms with Gasteiger partial charge in [0.1, 0.15) is 5.82 Å². The summed E-state index contributed by atoms with van der Waals surface area (Å²) in [5.74, 6) is 5.23. The minimum Gasteiger partial charge on any atom is -0.271 e. The molecule has 2 nitrogen and oxygen atoms in total. The van der Waals surface area contributed by atoms with Gasteiger partial charge in [0.25, 0.3) is 0 Å². The summed E-state index contributed by atoms with van der Waals surface area (Å²) < 4.78 is 15.1. The van der Waals surface area contributed by atoms with Crippen molar-refractivity contribution in [3.8, 4) is 0 Å². The second kappa shape index (κ2) is 7.00. The quantitative estimate of drug-likeness (QED) is 0.551. The van der Waals surface area contributed by atoms with Crippen molar-refractivity contribution in [3.63, 3.8) is 0 Å². The largest absolute Gasteiger partial charge is 0.271 e. The number of rotatable bonds is 4. The van der Waals surface area contributed by atoms with Crippen LogP contribution in [0.5, 0.6) is 0 Å². The zero-order valence-corrected chi connectivity index (χ0v) is 14.3. The van der Waals surface area contributed by atoms with E-state index in [-0.39, 0.29) is 11.1 Å². The van der Waals surface area contributed by atoms with Crippen molar-refractivity contribution in [1.29, 1.82) is 0 Å². The summed E-state index contributed by atoms with van der Waals surface area (Å²) in [4.78, 5) is 0. The van der Waals surface area contributed by atoms with Crippen LogP contribution in [0.1, 0.15) is 17.2 Å². The molecule has 0 radical (unpaired) electrons. The number of halogens is 4. The molecule has 0 saturated carbocycles. The Kier molecular flexibility index (Phi) is 5.57. The van der Waals surface area contributed by atoms with E-state index < -0.39 is 5.82 Å². The molecule has 2 aromatic carbocycles. The average Bonchev–Trinajstić information content (AvgIpc) is 2.43. The highest BCUT2D eigenvalue weighted by molar-refractivity contribution is 9.11. The average molecular weight is 423 g/mol. The highest BCUT2D eigenvalue weighted by atomic mass is 79.9. The zero-order chi connectivity index (χ0) is 14.7. The molecule has 0 aliphatic heterocycles. The summed E-state index contributed by atoms with van der Waals surface area (Å²) in [6.07, 6.45) is 0.603. The molecule has 6 heteroatoms. The smallest absolute Gasteiger partial charge is 0.141 e. The van der Waals surface area contributed by atoms with Gasteiger partial charge in [-0.25, -0.2) is 4.39 Å². The van der Waals surface area contributed by atoms with Gasteiger partial charge in [-0.1, -0.05) is 49.5 Å². The first-order valence-corrected chi connectivity index (χ1v) is 7.82. The Labute approximate surface area is 138 Å². The molecule has 0 spiro atoms. The fourth-order valence-corrected chi connectivity index (χ4v) is 3.05. The Morgan fingerprint density at radius 1 is 1.20 bits per heavy atom. The van der Waals surface area contributed by atoms with Crippen LogP contribution in [0.15, 0.2) is 45.3 Å². The lowest BCUT2D eigenvalue weighted by Crippen LogP contribution is -2.29. The van der Waals surface area contributed by atoms with Gasteiger partial charge in [-0.05, 0) is 47.9 Å². The van der Waals surface area contributed by atoms with Crippen LogP contribution in [0.2, 0.25) is 5.02 Å². The van der Waals surface area contributed by atoms with E-state index in [0.717, 1.165) is 20.1 Å². The SMILES string of the molecule is NNC(Cc1ccc(F)c(Cl)c1)c1cc(Br)ccc1Br. The van der Waals surface area contributed by atoms with E-state index in [1.165, 1.54) is 6.07 Å². The van der Waals surface area contributed by atoms with E-state index in [2.05, 4.69) is 37.3 Å². The third-order valence-corrected chi connectivity index (χ3v) is 4.46. The van der Waals surface area contributed by atoms with Crippen LogP contribution in [0, 0.1) is 5.82 Å².